The Hall–Kier alpha value is -0.570. The minimum Gasteiger partial charge on any atom is -0.460 e. The van der Waals surface area contributed by atoms with Crippen LogP contribution in [0, 0.1) is 29.6 Å². The van der Waals surface area contributed by atoms with E-state index in [0.29, 0.717) is 11.8 Å². The molecular weight excluding hydrogens is 264 g/mol. The number of carbonyl (C=O) groups is 1. The first-order valence-corrected chi connectivity index (χ1v) is 8.66. The number of ether oxygens (including phenoxy) is 1. The molecule has 0 aliphatic heterocycles. The van der Waals surface area contributed by atoms with Crippen molar-refractivity contribution in [3.8, 4) is 0 Å². The van der Waals surface area contributed by atoms with Gasteiger partial charge in [0.15, 0.2) is 0 Å². The van der Waals surface area contributed by atoms with Gasteiger partial charge in [-0.1, -0.05) is 26.7 Å². The fourth-order valence-corrected chi connectivity index (χ4v) is 5.04. The highest BCUT2D eigenvalue weighted by atomic mass is 16.6. The average molecular weight is 296 g/mol. The molecule has 0 heterocycles. The van der Waals surface area contributed by atoms with Gasteiger partial charge >= 0.3 is 5.97 Å². The molecular formula is C18H32O3. The molecule has 21 heavy (non-hydrogen) atoms. The standard InChI is InChI=1S/C18H32O3/c1-6-12-11-8-14(13(12)7-2)15(9-11)16(19)10-17(20)21-18(3,4)5/h11-16,19H,6-10H2,1-5H3. The summed E-state index contributed by atoms with van der Waals surface area (Å²) in [6.07, 6.45) is 4.44. The van der Waals surface area contributed by atoms with Crippen LogP contribution in [-0.4, -0.2) is 22.8 Å². The van der Waals surface area contributed by atoms with Crippen LogP contribution < -0.4 is 0 Å². The number of esters is 1. The number of hydrogen-bond donors (Lipinski definition) is 1. The van der Waals surface area contributed by atoms with Crippen molar-refractivity contribution in [2.45, 2.75) is 78.4 Å². The Labute approximate surface area is 129 Å². The van der Waals surface area contributed by atoms with Crippen LogP contribution in [0.2, 0.25) is 0 Å². The molecule has 2 aliphatic carbocycles. The summed E-state index contributed by atoms with van der Waals surface area (Å²) in [5, 5.41) is 10.5. The molecule has 122 valence electrons. The molecule has 2 fully saturated rings. The van der Waals surface area contributed by atoms with Crippen molar-refractivity contribution in [1.29, 1.82) is 0 Å². The number of rotatable bonds is 5. The molecule has 2 bridgehead atoms. The second kappa shape index (κ2) is 6.28. The monoisotopic (exact) mass is 296 g/mol. The third-order valence-electron chi connectivity index (χ3n) is 5.64. The predicted octanol–water partition coefficient (Wildman–Crippen LogP) is 3.79. The molecule has 2 rings (SSSR count). The number of hydrogen-bond acceptors (Lipinski definition) is 3. The summed E-state index contributed by atoms with van der Waals surface area (Å²) < 4.78 is 5.34. The van der Waals surface area contributed by atoms with Gasteiger partial charge in [0.1, 0.15) is 5.60 Å². The summed E-state index contributed by atoms with van der Waals surface area (Å²) in [4.78, 5) is 11.9. The van der Waals surface area contributed by atoms with E-state index in [0.717, 1.165) is 24.2 Å². The van der Waals surface area contributed by atoms with Crippen LogP contribution in [0.1, 0.15) is 66.7 Å². The summed E-state index contributed by atoms with van der Waals surface area (Å²) in [5.74, 6) is 3.00. The molecule has 2 saturated carbocycles. The van der Waals surface area contributed by atoms with Gasteiger partial charge in [-0.05, 0) is 63.2 Å². The zero-order chi connectivity index (χ0) is 15.8. The largest absolute Gasteiger partial charge is 0.460 e. The van der Waals surface area contributed by atoms with Gasteiger partial charge in [0.25, 0.3) is 0 Å². The fraction of sp³-hybridized carbons (Fsp3) is 0.944. The molecule has 0 spiro atoms. The molecule has 3 heteroatoms. The van der Waals surface area contributed by atoms with E-state index >= 15 is 0 Å². The van der Waals surface area contributed by atoms with Crippen molar-refractivity contribution in [3.05, 3.63) is 0 Å². The molecule has 0 saturated heterocycles. The Balaban J connectivity index is 1.93. The summed E-state index contributed by atoms with van der Waals surface area (Å²) in [6, 6.07) is 0. The molecule has 2 aliphatic rings. The van der Waals surface area contributed by atoms with Gasteiger partial charge in [-0.2, -0.15) is 0 Å². The van der Waals surface area contributed by atoms with Crippen molar-refractivity contribution >= 4 is 5.97 Å². The maximum absolute atomic E-state index is 11.9. The molecule has 6 unspecified atom stereocenters. The Morgan fingerprint density at radius 3 is 2.33 bits per heavy atom. The van der Waals surface area contributed by atoms with E-state index in [4.69, 9.17) is 4.74 Å². The second-order valence-electron chi connectivity index (χ2n) is 8.06. The Morgan fingerprint density at radius 2 is 1.81 bits per heavy atom. The van der Waals surface area contributed by atoms with E-state index in [1.54, 1.807) is 0 Å². The summed E-state index contributed by atoms with van der Waals surface area (Å²) in [7, 11) is 0. The zero-order valence-corrected chi connectivity index (χ0v) is 14.3. The first-order valence-electron chi connectivity index (χ1n) is 8.66. The van der Waals surface area contributed by atoms with E-state index in [1.165, 1.54) is 19.3 Å². The maximum atomic E-state index is 11.9. The van der Waals surface area contributed by atoms with Crippen molar-refractivity contribution in [2.75, 3.05) is 0 Å². The molecule has 0 aromatic heterocycles. The average Bonchev–Trinajstić information content (AvgIpc) is 2.92. The third-order valence-corrected chi connectivity index (χ3v) is 5.64. The smallest absolute Gasteiger partial charge is 0.308 e. The van der Waals surface area contributed by atoms with Gasteiger partial charge in [0.05, 0.1) is 12.5 Å². The molecule has 1 N–H and O–H groups in total. The molecule has 0 radical (unpaired) electrons. The zero-order valence-electron chi connectivity index (χ0n) is 14.3. The minimum atomic E-state index is -0.526. The maximum Gasteiger partial charge on any atom is 0.308 e. The van der Waals surface area contributed by atoms with Crippen molar-refractivity contribution in [2.24, 2.45) is 29.6 Å². The van der Waals surface area contributed by atoms with Gasteiger partial charge in [-0.25, -0.2) is 0 Å². The third kappa shape index (κ3) is 3.61. The van der Waals surface area contributed by atoms with Crippen LogP contribution in [0.25, 0.3) is 0 Å². The Morgan fingerprint density at radius 1 is 1.19 bits per heavy atom. The van der Waals surface area contributed by atoms with Crippen molar-refractivity contribution in [1.82, 2.24) is 0 Å². The van der Waals surface area contributed by atoms with E-state index in [9.17, 15) is 9.90 Å². The molecule has 0 aromatic rings. The van der Waals surface area contributed by atoms with Crippen LogP contribution >= 0.6 is 0 Å². The first-order chi connectivity index (χ1) is 9.76. The normalized spacial score (nSPS) is 36.8. The molecule has 0 aromatic carbocycles. The van der Waals surface area contributed by atoms with Crippen LogP contribution in [0.15, 0.2) is 0 Å². The quantitative estimate of drug-likeness (QED) is 0.785. The predicted molar refractivity (Wildman–Crippen MR) is 83.7 cm³/mol. The lowest BCUT2D eigenvalue weighted by Crippen LogP contribution is -2.36. The summed E-state index contributed by atoms with van der Waals surface area (Å²) >= 11 is 0. The van der Waals surface area contributed by atoms with Crippen LogP contribution in [0.5, 0.6) is 0 Å². The lowest BCUT2D eigenvalue weighted by atomic mass is 9.70. The first kappa shape index (κ1) is 16.8. The highest BCUT2D eigenvalue weighted by molar-refractivity contribution is 5.70. The van der Waals surface area contributed by atoms with Gasteiger partial charge in [0.2, 0.25) is 0 Å². The molecule has 0 amide bonds. The van der Waals surface area contributed by atoms with Crippen LogP contribution in [-0.2, 0) is 9.53 Å². The number of aliphatic hydroxyl groups is 1. The van der Waals surface area contributed by atoms with Crippen LogP contribution in [0.4, 0.5) is 0 Å². The highest BCUT2D eigenvalue weighted by Crippen LogP contribution is 2.58. The van der Waals surface area contributed by atoms with Gasteiger partial charge < -0.3 is 9.84 Å². The topological polar surface area (TPSA) is 46.5 Å². The number of aliphatic hydroxyl groups excluding tert-OH is 1. The SMILES string of the molecule is CCC1C2CC(C(O)CC(=O)OC(C)(C)C)C(C2)C1CC. The van der Waals surface area contributed by atoms with E-state index in [-0.39, 0.29) is 12.4 Å². The van der Waals surface area contributed by atoms with Crippen molar-refractivity contribution < 1.29 is 14.6 Å². The molecule has 3 nitrogen and oxygen atoms in total. The summed E-state index contributed by atoms with van der Waals surface area (Å²) in [6.45, 7) is 10.2. The van der Waals surface area contributed by atoms with Crippen molar-refractivity contribution in [3.63, 3.8) is 0 Å². The Kier molecular flexibility index (Phi) is 5.02. The van der Waals surface area contributed by atoms with E-state index in [2.05, 4.69) is 13.8 Å². The molecule has 6 atom stereocenters. The summed E-state index contributed by atoms with van der Waals surface area (Å²) in [5.41, 5.74) is -0.468. The fourth-order valence-electron chi connectivity index (χ4n) is 5.04. The van der Waals surface area contributed by atoms with E-state index < -0.39 is 11.7 Å². The number of carbonyl (C=O) groups excluding carboxylic acids is 1. The van der Waals surface area contributed by atoms with Crippen LogP contribution in [0.3, 0.4) is 0 Å². The lowest BCUT2D eigenvalue weighted by molar-refractivity contribution is -0.158. The lowest BCUT2D eigenvalue weighted by Gasteiger charge is -2.37. The van der Waals surface area contributed by atoms with E-state index in [1.807, 2.05) is 20.8 Å². The van der Waals surface area contributed by atoms with Gasteiger partial charge in [0, 0.05) is 0 Å². The number of fused-ring (bicyclic) bond motifs is 2. The Bertz CT molecular complexity index is 371. The van der Waals surface area contributed by atoms with Gasteiger partial charge in [-0.3, -0.25) is 4.79 Å². The second-order valence-corrected chi connectivity index (χ2v) is 8.06. The highest BCUT2D eigenvalue weighted by Gasteiger charge is 2.52. The minimum absolute atomic E-state index is 0.151. The van der Waals surface area contributed by atoms with Gasteiger partial charge in [-0.15, -0.1) is 0 Å².